The van der Waals surface area contributed by atoms with Gasteiger partial charge in [0, 0.05) is 18.0 Å². The molecule has 0 bridgehead atoms. The van der Waals surface area contributed by atoms with E-state index in [9.17, 15) is 8.42 Å². The average molecular weight is 303 g/mol. The van der Waals surface area contributed by atoms with Crippen LogP contribution in [0.15, 0.2) is 47.9 Å². The zero-order valence-corrected chi connectivity index (χ0v) is 12.4. The molecule has 2 heterocycles. The number of nitrogens with one attached hydrogen (secondary N) is 1. The molecule has 1 aromatic carbocycles. The zero-order valence-electron chi connectivity index (χ0n) is 11.6. The minimum Gasteiger partial charge on any atom is -0.317 e. The number of aromatic nitrogens is 2. The van der Waals surface area contributed by atoms with Gasteiger partial charge in [-0.25, -0.2) is 18.4 Å². The second kappa shape index (κ2) is 5.91. The monoisotopic (exact) mass is 303 g/mol. The lowest BCUT2D eigenvalue weighted by Crippen LogP contribution is -2.35. The van der Waals surface area contributed by atoms with Crippen LogP contribution >= 0.6 is 0 Å². The van der Waals surface area contributed by atoms with Crippen molar-refractivity contribution in [1.29, 1.82) is 0 Å². The molecular formula is C15H17N3O2S. The first-order valence-corrected chi connectivity index (χ1v) is 8.52. The van der Waals surface area contributed by atoms with Crippen molar-refractivity contribution >= 4 is 9.84 Å². The first-order chi connectivity index (χ1) is 10.2. The molecule has 1 aromatic heterocycles. The van der Waals surface area contributed by atoms with Crippen LogP contribution in [-0.4, -0.2) is 36.7 Å². The summed E-state index contributed by atoms with van der Waals surface area (Å²) in [6.07, 6.45) is 6.25. The van der Waals surface area contributed by atoms with Crippen LogP contribution in [0.5, 0.6) is 0 Å². The van der Waals surface area contributed by atoms with Gasteiger partial charge in [0.15, 0.2) is 9.84 Å². The Kier molecular flexibility index (Phi) is 3.98. The number of hydrogen-bond acceptors (Lipinski definition) is 5. The summed E-state index contributed by atoms with van der Waals surface area (Å²) >= 11 is 0. The lowest BCUT2D eigenvalue weighted by molar-refractivity contribution is 0.496. The normalized spacial score (nSPS) is 16.8. The molecule has 1 saturated heterocycles. The quantitative estimate of drug-likeness (QED) is 0.934. The number of sulfone groups is 1. The summed E-state index contributed by atoms with van der Waals surface area (Å²) in [7, 11) is -3.23. The van der Waals surface area contributed by atoms with Gasteiger partial charge in [-0.05, 0) is 43.6 Å². The second-order valence-corrected chi connectivity index (χ2v) is 7.37. The fourth-order valence-corrected chi connectivity index (χ4v) is 4.34. The van der Waals surface area contributed by atoms with E-state index in [1.54, 1.807) is 24.5 Å². The number of piperidine rings is 1. The fourth-order valence-electron chi connectivity index (χ4n) is 2.58. The van der Waals surface area contributed by atoms with Crippen molar-refractivity contribution in [3.05, 3.63) is 43.0 Å². The van der Waals surface area contributed by atoms with Crippen LogP contribution in [0.3, 0.4) is 0 Å². The molecule has 21 heavy (non-hydrogen) atoms. The molecule has 0 radical (unpaired) electrons. The van der Waals surface area contributed by atoms with E-state index >= 15 is 0 Å². The molecule has 0 amide bonds. The predicted molar refractivity (Wildman–Crippen MR) is 80.5 cm³/mol. The Labute approximate surface area is 124 Å². The topological polar surface area (TPSA) is 72.0 Å². The summed E-state index contributed by atoms with van der Waals surface area (Å²) in [4.78, 5) is 8.34. The van der Waals surface area contributed by atoms with E-state index in [2.05, 4.69) is 15.3 Å². The summed E-state index contributed by atoms with van der Waals surface area (Å²) in [5, 5.41) is 2.92. The van der Waals surface area contributed by atoms with Crippen LogP contribution in [0.4, 0.5) is 0 Å². The molecule has 2 aromatic rings. The Morgan fingerprint density at radius 3 is 2.19 bits per heavy atom. The average Bonchev–Trinajstić information content (AvgIpc) is 2.57. The highest BCUT2D eigenvalue weighted by molar-refractivity contribution is 7.92. The molecule has 1 aliphatic rings. The van der Waals surface area contributed by atoms with Crippen molar-refractivity contribution < 1.29 is 8.42 Å². The van der Waals surface area contributed by atoms with Crippen molar-refractivity contribution in [2.75, 3.05) is 13.1 Å². The maximum Gasteiger partial charge on any atom is 0.181 e. The highest BCUT2D eigenvalue weighted by Crippen LogP contribution is 2.25. The highest BCUT2D eigenvalue weighted by Gasteiger charge is 2.28. The van der Waals surface area contributed by atoms with E-state index < -0.39 is 9.84 Å². The first kappa shape index (κ1) is 14.2. The van der Waals surface area contributed by atoms with Gasteiger partial charge in [0.05, 0.1) is 10.1 Å². The lowest BCUT2D eigenvalue weighted by atomic mass is 10.1. The maximum absolute atomic E-state index is 12.6. The summed E-state index contributed by atoms with van der Waals surface area (Å²) in [5.74, 6) is 0. The predicted octanol–water partition coefficient (Wildman–Crippen LogP) is 1.67. The third-order valence-electron chi connectivity index (χ3n) is 3.80. The van der Waals surface area contributed by atoms with Crippen molar-refractivity contribution in [3.8, 4) is 11.1 Å². The van der Waals surface area contributed by atoms with Crippen LogP contribution in [0.25, 0.3) is 11.1 Å². The molecule has 0 unspecified atom stereocenters. The van der Waals surface area contributed by atoms with Gasteiger partial charge in [0.25, 0.3) is 0 Å². The molecular weight excluding hydrogens is 286 g/mol. The van der Waals surface area contributed by atoms with E-state index in [0.717, 1.165) is 24.2 Å². The number of benzene rings is 1. The maximum atomic E-state index is 12.6. The Morgan fingerprint density at radius 1 is 0.952 bits per heavy atom. The Morgan fingerprint density at radius 2 is 1.57 bits per heavy atom. The number of nitrogens with zero attached hydrogens (tertiary/aromatic N) is 2. The standard InChI is InChI=1S/C15H17N3O2S/c19-21(20,15-5-7-16-8-6-15)14-3-1-12(2-4-14)13-9-17-11-18-10-13/h1-4,9-11,15-16H,5-8H2. The van der Waals surface area contributed by atoms with Gasteiger partial charge in [-0.1, -0.05) is 12.1 Å². The molecule has 1 fully saturated rings. The molecule has 3 rings (SSSR count). The van der Waals surface area contributed by atoms with Crippen molar-refractivity contribution in [2.45, 2.75) is 23.0 Å². The van der Waals surface area contributed by atoms with Crippen LogP contribution in [-0.2, 0) is 9.84 Å². The molecule has 110 valence electrons. The Bertz CT molecular complexity index is 693. The van der Waals surface area contributed by atoms with Crippen LogP contribution < -0.4 is 5.32 Å². The largest absolute Gasteiger partial charge is 0.317 e. The van der Waals surface area contributed by atoms with E-state index in [1.165, 1.54) is 6.33 Å². The Balaban J connectivity index is 1.87. The van der Waals surface area contributed by atoms with Crippen LogP contribution in [0.1, 0.15) is 12.8 Å². The zero-order chi connectivity index (χ0) is 14.7. The van der Waals surface area contributed by atoms with Crippen molar-refractivity contribution in [1.82, 2.24) is 15.3 Å². The van der Waals surface area contributed by atoms with E-state index in [4.69, 9.17) is 0 Å². The summed E-state index contributed by atoms with van der Waals surface area (Å²) in [5.41, 5.74) is 1.79. The van der Waals surface area contributed by atoms with E-state index in [0.29, 0.717) is 17.7 Å². The van der Waals surface area contributed by atoms with Crippen molar-refractivity contribution in [3.63, 3.8) is 0 Å². The summed E-state index contributed by atoms with van der Waals surface area (Å²) in [6, 6.07) is 6.98. The smallest absolute Gasteiger partial charge is 0.181 e. The molecule has 0 spiro atoms. The molecule has 0 atom stereocenters. The molecule has 0 saturated carbocycles. The van der Waals surface area contributed by atoms with Crippen LogP contribution in [0, 0.1) is 0 Å². The van der Waals surface area contributed by atoms with Crippen LogP contribution in [0.2, 0.25) is 0 Å². The Hall–Kier alpha value is -1.79. The van der Waals surface area contributed by atoms with Gasteiger partial charge < -0.3 is 5.32 Å². The minimum absolute atomic E-state index is 0.273. The van der Waals surface area contributed by atoms with Crippen molar-refractivity contribution in [2.24, 2.45) is 0 Å². The van der Waals surface area contributed by atoms with Gasteiger partial charge in [-0.3, -0.25) is 0 Å². The molecule has 1 N–H and O–H groups in total. The molecule has 5 nitrogen and oxygen atoms in total. The molecule has 0 aliphatic carbocycles. The number of rotatable bonds is 3. The lowest BCUT2D eigenvalue weighted by Gasteiger charge is -2.22. The van der Waals surface area contributed by atoms with Gasteiger partial charge in [-0.15, -0.1) is 0 Å². The fraction of sp³-hybridized carbons (Fsp3) is 0.333. The SMILES string of the molecule is O=S(=O)(c1ccc(-c2cncnc2)cc1)C1CCNCC1. The number of hydrogen-bond donors (Lipinski definition) is 1. The minimum atomic E-state index is -3.23. The first-order valence-electron chi connectivity index (χ1n) is 6.98. The van der Waals surface area contributed by atoms with Gasteiger partial charge in [-0.2, -0.15) is 0 Å². The third kappa shape index (κ3) is 2.96. The van der Waals surface area contributed by atoms with Gasteiger partial charge >= 0.3 is 0 Å². The van der Waals surface area contributed by atoms with Gasteiger partial charge in [0.1, 0.15) is 6.33 Å². The summed E-state index contributed by atoms with van der Waals surface area (Å²) in [6.45, 7) is 1.53. The second-order valence-electron chi connectivity index (χ2n) is 5.15. The third-order valence-corrected chi connectivity index (χ3v) is 6.08. The highest BCUT2D eigenvalue weighted by atomic mass is 32.2. The van der Waals surface area contributed by atoms with E-state index in [1.807, 2.05) is 12.1 Å². The summed E-state index contributed by atoms with van der Waals surface area (Å²) < 4.78 is 25.2. The molecule has 1 aliphatic heterocycles. The van der Waals surface area contributed by atoms with E-state index in [-0.39, 0.29) is 5.25 Å². The molecule has 6 heteroatoms. The van der Waals surface area contributed by atoms with Gasteiger partial charge in [0.2, 0.25) is 0 Å².